The number of benzene rings is 1. The molecule has 0 atom stereocenters. The number of hydrogen-bond acceptors (Lipinski definition) is 3. The van der Waals surface area contributed by atoms with Gasteiger partial charge < -0.3 is 15.5 Å². The first-order valence-electron chi connectivity index (χ1n) is 6.64. The molecule has 0 amide bonds. The summed E-state index contributed by atoms with van der Waals surface area (Å²) in [5, 5.41) is 23.2. The van der Waals surface area contributed by atoms with Crippen molar-refractivity contribution in [3.63, 3.8) is 0 Å². The molecule has 0 unspecified atom stereocenters. The molecule has 18 heavy (non-hydrogen) atoms. The summed E-state index contributed by atoms with van der Waals surface area (Å²) in [5.74, 6) is 0.321. The predicted octanol–water partition coefficient (Wildman–Crippen LogP) is 2.65. The predicted molar refractivity (Wildman–Crippen MR) is 74.8 cm³/mol. The van der Waals surface area contributed by atoms with E-state index in [1.54, 1.807) is 6.07 Å². The van der Waals surface area contributed by atoms with Gasteiger partial charge in [-0.25, -0.2) is 0 Å². The van der Waals surface area contributed by atoms with Crippen molar-refractivity contribution in [1.29, 1.82) is 0 Å². The molecule has 102 valence electrons. The van der Waals surface area contributed by atoms with Gasteiger partial charge in [-0.05, 0) is 43.9 Å². The zero-order valence-corrected chi connectivity index (χ0v) is 11.9. The molecule has 3 heteroatoms. The average molecular weight is 251 g/mol. The monoisotopic (exact) mass is 251 g/mol. The molecule has 0 spiro atoms. The van der Waals surface area contributed by atoms with E-state index in [4.69, 9.17) is 0 Å². The zero-order valence-electron chi connectivity index (χ0n) is 11.9. The fourth-order valence-electron chi connectivity index (χ4n) is 1.93. The number of aromatic hydroxyl groups is 1. The van der Waals surface area contributed by atoms with Crippen LogP contribution in [0.4, 0.5) is 0 Å². The molecule has 0 aliphatic heterocycles. The van der Waals surface area contributed by atoms with Crippen LogP contribution in [0.2, 0.25) is 0 Å². The Balaban J connectivity index is 2.62. The smallest absolute Gasteiger partial charge is 0.120 e. The number of hydrogen-bond donors (Lipinski definition) is 3. The van der Waals surface area contributed by atoms with Crippen LogP contribution in [0.3, 0.4) is 0 Å². The maximum Gasteiger partial charge on any atom is 0.120 e. The highest BCUT2D eigenvalue weighted by molar-refractivity contribution is 5.40. The van der Waals surface area contributed by atoms with Crippen molar-refractivity contribution in [3.8, 4) is 5.75 Å². The number of phenolic OH excluding ortho intramolecular Hbond substituents is 1. The van der Waals surface area contributed by atoms with E-state index in [0.717, 1.165) is 24.0 Å². The van der Waals surface area contributed by atoms with Crippen molar-refractivity contribution in [2.45, 2.75) is 52.7 Å². The normalized spacial score (nSPS) is 11.8. The third-order valence-corrected chi connectivity index (χ3v) is 3.78. The van der Waals surface area contributed by atoms with E-state index in [-0.39, 0.29) is 0 Å². The summed E-state index contributed by atoms with van der Waals surface area (Å²) in [4.78, 5) is 0. The van der Waals surface area contributed by atoms with E-state index in [9.17, 15) is 10.2 Å². The molecule has 1 aromatic carbocycles. The molecule has 3 nitrogen and oxygen atoms in total. The Labute approximate surface area is 110 Å². The Morgan fingerprint density at radius 2 is 1.67 bits per heavy atom. The molecule has 0 saturated heterocycles. The number of phenols is 1. The third-order valence-electron chi connectivity index (χ3n) is 3.78. The van der Waals surface area contributed by atoms with Gasteiger partial charge in [0.2, 0.25) is 0 Å². The molecule has 0 aromatic heterocycles. The van der Waals surface area contributed by atoms with Crippen LogP contribution in [-0.2, 0) is 6.54 Å². The minimum atomic E-state index is -0.643. The van der Waals surface area contributed by atoms with Gasteiger partial charge >= 0.3 is 0 Å². The SMILES string of the molecule is CCC(O)(CC)CNCc1cc(C)c(C)cc1O. The van der Waals surface area contributed by atoms with E-state index in [1.807, 2.05) is 33.8 Å². The topological polar surface area (TPSA) is 52.5 Å². The fraction of sp³-hybridized carbons (Fsp3) is 0.600. The zero-order chi connectivity index (χ0) is 13.8. The lowest BCUT2D eigenvalue weighted by molar-refractivity contribution is 0.0322. The van der Waals surface area contributed by atoms with Crippen molar-refractivity contribution in [3.05, 3.63) is 28.8 Å². The highest BCUT2D eigenvalue weighted by atomic mass is 16.3. The van der Waals surface area contributed by atoms with Gasteiger partial charge in [-0.2, -0.15) is 0 Å². The van der Waals surface area contributed by atoms with Crippen LogP contribution in [0.15, 0.2) is 12.1 Å². The van der Waals surface area contributed by atoms with Gasteiger partial charge in [-0.15, -0.1) is 0 Å². The molecule has 0 radical (unpaired) electrons. The van der Waals surface area contributed by atoms with Crippen LogP contribution in [0.5, 0.6) is 5.75 Å². The minimum Gasteiger partial charge on any atom is -0.508 e. The summed E-state index contributed by atoms with van der Waals surface area (Å²) in [7, 11) is 0. The van der Waals surface area contributed by atoms with Crippen LogP contribution in [0.25, 0.3) is 0 Å². The fourth-order valence-corrected chi connectivity index (χ4v) is 1.93. The molecular formula is C15H25NO2. The maximum absolute atomic E-state index is 10.1. The first-order valence-corrected chi connectivity index (χ1v) is 6.64. The molecule has 0 heterocycles. The molecule has 0 saturated carbocycles. The van der Waals surface area contributed by atoms with Gasteiger partial charge in [-0.1, -0.05) is 19.9 Å². The Hall–Kier alpha value is -1.06. The third kappa shape index (κ3) is 3.72. The number of rotatable bonds is 6. The molecule has 1 aromatic rings. The van der Waals surface area contributed by atoms with E-state index < -0.39 is 5.60 Å². The van der Waals surface area contributed by atoms with Gasteiger partial charge in [0.25, 0.3) is 0 Å². The highest BCUT2D eigenvalue weighted by Crippen LogP contribution is 2.22. The quantitative estimate of drug-likeness (QED) is 0.728. The van der Waals surface area contributed by atoms with Gasteiger partial charge in [-0.3, -0.25) is 0 Å². The van der Waals surface area contributed by atoms with Gasteiger partial charge in [0.15, 0.2) is 0 Å². The summed E-state index contributed by atoms with van der Waals surface area (Å²) in [6.07, 6.45) is 1.46. The highest BCUT2D eigenvalue weighted by Gasteiger charge is 2.21. The Morgan fingerprint density at radius 3 is 2.22 bits per heavy atom. The van der Waals surface area contributed by atoms with Crippen LogP contribution in [0.1, 0.15) is 43.4 Å². The number of aryl methyl sites for hydroxylation is 2. The molecule has 0 fully saturated rings. The molecule has 0 bridgehead atoms. The van der Waals surface area contributed by atoms with E-state index in [1.165, 1.54) is 5.56 Å². The summed E-state index contributed by atoms with van der Waals surface area (Å²) in [5.41, 5.74) is 2.50. The number of nitrogens with one attached hydrogen (secondary N) is 1. The van der Waals surface area contributed by atoms with Crippen molar-refractivity contribution in [2.24, 2.45) is 0 Å². The largest absolute Gasteiger partial charge is 0.508 e. The molecule has 3 N–H and O–H groups in total. The Kier molecular flexibility index (Phi) is 5.17. The lowest BCUT2D eigenvalue weighted by Crippen LogP contribution is -2.39. The molecular weight excluding hydrogens is 226 g/mol. The van der Waals surface area contributed by atoms with Crippen LogP contribution in [-0.4, -0.2) is 22.4 Å². The lowest BCUT2D eigenvalue weighted by atomic mass is 9.97. The van der Waals surface area contributed by atoms with Crippen molar-refractivity contribution >= 4 is 0 Å². The summed E-state index contributed by atoms with van der Waals surface area (Å²) in [6, 6.07) is 3.78. The van der Waals surface area contributed by atoms with Crippen LogP contribution >= 0.6 is 0 Å². The average Bonchev–Trinajstić information content (AvgIpc) is 2.35. The lowest BCUT2D eigenvalue weighted by Gasteiger charge is -2.25. The summed E-state index contributed by atoms with van der Waals surface area (Å²) in [6.45, 7) is 9.12. The number of aliphatic hydroxyl groups is 1. The van der Waals surface area contributed by atoms with E-state index >= 15 is 0 Å². The Morgan fingerprint density at radius 1 is 1.11 bits per heavy atom. The van der Waals surface area contributed by atoms with Crippen molar-refractivity contribution in [2.75, 3.05) is 6.54 Å². The summed E-state index contributed by atoms with van der Waals surface area (Å²) >= 11 is 0. The maximum atomic E-state index is 10.1. The first-order chi connectivity index (χ1) is 8.41. The Bertz CT molecular complexity index is 398. The van der Waals surface area contributed by atoms with Gasteiger partial charge in [0, 0.05) is 18.7 Å². The second-order valence-electron chi connectivity index (χ2n) is 5.10. The van der Waals surface area contributed by atoms with Crippen molar-refractivity contribution < 1.29 is 10.2 Å². The van der Waals surface area contributed by atoms with E-state index in [0.29, 0.717) is 18.8 Å². The molecule has 0 aliphatic carbocycles. The molecule has 1 rings (SSSR count). The second-order valence-corrected chi connectivity index (χ2v) is 5.10. The van der Waals surface area contributed by atoms with Crippen LogP contribution in [0, 0.1) is 13.8 Å². The first kappa shape index (κ1) is 15.0. The van der Waals surface area contributed by atoms with Crippen molar-refractivity contribution in [1.82, 2.24) is 5.32 Å². The molecule has 0 aliphatic rings. The second kappa shape index (κ2) is 6.21. The standard InChI is InChI=1S/C15H25NO2/c1-5-15(18,6-2)10-16-9-13-7-11(3)12(4)8-14(13)17/h7-8,16-18H,5-6,9-10H2,1-4H3. The van der Waals surface area contributed by atoms with Crippen LogP contribution < -0.4 is 5.32 Å². The van der Waals surface area contributed by atoms with Gasteiger partial charge in [0.1, 0.15) is 5.75 Å². The minimum absolute atomic E-state index is 0.321. The van der Waals surface area contributed by atoms with Gasteiger partial charge in [0.05, 0.1) is 5.60 Å². The van der Waals surface area contributed by atoms with E-state index in [2.05, 4.69) is 5.32 Å². The summed E-state index contributed by atoms with van der Waals surface area (Å²) < 4.78 is 0.